The van der Waals surface area contributed by atoms with Crippen molar-refractivity contribution in [2.24, 2.45) is 5.73 Å². The quantitative estimate of drug-likeness (QED) is 0.699. The van der Waals surface area contributed by atoms with Gasteiger partial charge in [0.1, 0.15) is 22.6 Å². The topological polar surface area (TPSA) is 108 Å². The lowest BCUT2D eigenvalue weighted by Crippen LogP contribution is -2.49. The van der Waals surface area contributed by atoms with Gasteiger partial charge in [-0.1, -0.05) is 30.3 Å². The summed E-state index contributed by atoms with van der Waals surface area (Å²) >= 11 is 0. The Hall–Kier alpha value is -3.94. The fourth-order valence-corrected chi connectivity index (χ4v) is 5.07. The van der Waals surface area contributed by atoms with Crippen molar-refractivity contribution in [1.82, 2.24) is 0 Å². The molecule has 168 valence electrons. The number of nitrogens with one attached hydrogen (secondary N) is 1. The van der Waals surface area contributed by atoms with E-state index in [-0.39, 0.29) is 59.8 Å². The molecule has 1 aliphatic carbocycles. The first-order valence-corrected chi connectivity index (χ1v) is 10.7. The molecule has 1 amide bonds. The van der Waals surface area contributed by atoms with Gasteiger partial charge in [0.15, 0.2) is 5.78 Å². The second-order valence-electron chi connectivity index (χ2n) is 8.19. The zero-order chi connectivity index (χ0) is 23.3. The highest BCUT2D eigenvalue weighted by molar-refractivity contribution is 6.22. The number of para-hydroxylation sites is 1. The third-order valence-corrected chi connectivity index (χ3v) is 6.39. The van der Waals surface area contributed by atoms with Crippen molar-refractivity contribution in [2.75, 3.05) is 11.9 Å². The fourth-order valence-electron chi connectivity index (χ4n) is 5.07. The molecule has 0 saturated heterocycles. The zero-order valence-electron chi connectivity index (χ0n) is 17.8. The molecule has 7 nitrogen and oxygen atoms in total. The predicted molar refractivity (Wildman–Crippen MR) is 116 cm³/mol. The summed E-state index contributed by atoms with van der Waals surface area (Å²) in [6.07, 6.45) is 0.335. The van der Waals surface area contributed by atoms with Crippen LogP contribution in [0.3, 0.4) is 0 Å². The maximum Gasteiger partial charge on any atom is 0.341 e. The van der Waals surface area contributed by atoms with Crippen LogP contribution in [-0.2, 0) is 29.3 Å². The molecule has 0 bridgehead atoms. The molecule has 2 atom stereocenters. The van der Waals surface area contributed by atoms with Gasteiger partial charge >= 0.3 is 5.97 Å². The van der Waals surface area contributed by atoms with Gasteiger partial charge in [0.25, 0.3) is 0 Å². The second kappa shape index (κ2) is 7.58. The lowest BCUT2D eigenvalue weighted by atomic mass is 9.63. The summed E-state index contributed by atoms with van der Waals surface area (Å²) in [6, 6.07) is 12.8. The summed E-state index contributed by atoms with van der Waals surface area (Å²) in [7, 11) is 0. The molecule has 0 aromatic heterocycles. The van der Waals surface area contributed by atoms with Crippen molar-refractivity contribution in [1.29, 1.82) is 0 Å². The molecule has 3 aliphatic rings. The average Bonchev–Trinajstić information content (AvgIpc) is 3.06. The molecule has 33 heavy (non-hydrogen) atoms. The first kappa shape index (κ1) is 20.9. The van der Waals surface area contributed by atoms with Crippen molar-refractivity contribution < 1.29 is 28.2 Å². The van der Waals surface area contributed by atoms with Gasteiger partial charge in [-0.25, -0.2) is 9.18 Å². The molecule has 0 saturated carbocycles. The van der Waals surface area contributed by atoms with Crippen LogP contribution in [0.2, 0.25) is 0 Å². The van der Waals surface area contributed by atoms with Crippen LogP contribution >= 0.6 is 0 Å². The zero-order valence-corrected chi connectivity index (χ0v) is 17.8. The molecular weight excluding hydrogens is 427 g/mol. The minimum Gasteiger partial charge on any atom is -0.462 e. The Morgan fingerprint density at radius 2 is 1.91 bits per heavy atom. The molecule has 2 aliphatic heterocycles. The Bertz CT molecular complexity index is 1260. The molecule has 1 spiro atoms. The van der Waals surface area contributed by atoms with E-state index in [1.54, 1.807) is 43.3 Å². The Balaban J connectivity index is 1.71. The van der Waals surface area contributed by atoms with Gasteiger partial charge in [-0.2, -0.15) is 0 Å². The van der Waals surface area contributed by atoms with Gasteiger partial charge in [-0.15, -0.1) is 0 Å². The number of fused-ring (bicyclic) bond motifs is 3. The number of esters is 1. The molecule has 2 aromatic carbocycles. The van der Waals surface area contributed by atoms with E-state index in [1.807, 2.05) is 0 Å². The minimum absolute atomic E-state index is 0.0570. The predicted octanol–water partition coefficient (Wildman–Crippen LogP) is 3.18. The highest BCUT2D eigenvalue weighted by Crippen LogP contribution is 2.55. The summed E-state index contributed by atoms with van der Waals surface area (Å²) in [5.41, 5.74) is 6.07. The van der Waals surface area contributed by atoms with Gasteiger partial charge in [-0.05, 0) is 36.6 Å². The number of ether oxygens (including phenoxy) is 2. The molecule has 8 heteroatoms. The number of ketones is 1. The summed E-state index contributed by atoms with van der Waals surface area (Å²) in [5, 5.41) is 2.79. The van der Waals surface area contributed by atoms with Crippen molar-refractivity contribution >= 4 is 23.3 Å². The number of Topliss-reactive ketones (excluding diaryl/α,β-unsaturated/α-hetero) is 1. The van der Waals surface area contributed by atoms with Crippen LogP contribution in [-0.4, -0.2) is 24.3 Å². The van der Waals surface area contributed by atoms with Crippen molar-refractivity contribution in [3.05, 3.63) is 88.3 Å². The number of carbonyl (C=O) groups excluding carboxylic acids is 3. The highest BCUT2D eigenvalue weighted by atomic mass is 19.1. The Morgan fingerprint density at radius 3 is 2.64 bits per heavy atom. The molecule has 0 unspecified atom stereocenters. The lowest BCUT2D eigenvalue weighted by Gasteiger charge is -2.40. The van der Waals surface area contributed by atoms with Crippen LogP contribution in [0.15, 0.2) is 71.3 Å². The van der Waals surface area contributed by atoms with Gasteiger partial charge < -0.3 is 20.5 Å². The SMILES string of the molecule is CCOC(=O)C1=C(N)OC2=C(C(=O)C[C@H](c3ccc(F)cc3)C2)[C@]12C(=O)Nc1ccccc12. The van der Waals surface area contributed by atoms with Crippen LogP contribution in [0.5, 0.6) is 0 Å². The number of anilines is 1. The van der Waals surface area contributed by atoms with E-state index in [1.165, 1.54) is 12.1 Å². The van der Waals surface area contributed by atoms with Crippen LogP contribution in [0.4, 0.5) is 10.1 Å². The first-order valence-electron chi connectivity index (χ1n) is 10.7. The number of nitrogens with two attached hydrogens (primary N) is 1. The first-order chi connectivity index (χ1) is 15.9. The van der Waals surface area contributed by atoms with Gasteiger partial charge in [0, 0.05) is 24.1 Å². The number of hydrogen-bond donors (Lipinski definition) is 2. The Labute approximate surface area is 189 Å². The summed E-state index contributed by atoms with van der Waals surface area (Å²) < 4.78 is 24.4. The molecule has 0 fully saturated rings. The number of allylic oxidation sites excluding steroid dienone is 1. The molecule has 0 radical (unpaired) electrons. The van der Waals surface area contributed by atoms with Crippen LogP contribution in [0.1, 0.15) is 36.8 Å². The molecule has 5 rings (SSSR count). The van der Waals surface area contributed by atoms with E-state index >= 15 is 0 Å². The van der Waals surface area contributed by atoms with E-state index < -0.39 is 17.3 Å². The van der Waals surface area contributed by atoms with Gasteiger partial charge in [0.05, 0.1) is 12.2 Å². The van der Waals surface area contributed by atoms with Crippen molar-refractivity contribution in [3.8, 4) is 0 Å². The number of rotatable bonds is 3. The smallest absolute Gasteiger partial charge is 0.341 e. The van der Waals surface area contributed by atoms with E-state index in [2.05, 4.69) is 5.32 Å². The van der Waals surface area contributed by atoms with Gasteiger partial charge in [0.2, 0.25) is 11.8 Å². The van der Waals surface area contributed by atoms with E-state index in [4.69, 9.17) is 15.2 Å². The third kappa shape index (κ3) is 2.97. The van der Waals surface area contributed by atoms with E-state index in [9.17, 15) is 18.8 Å². The van der Waals surface area contributed by atoms with Crippen molar-refractivity contribution in [2.45, 2.75) is 31.1 Å². The lowest BCUT2D eigenvalue weighted by molar-refractivity contribution is -0.141. The van der Waals surface area contributed by atoms with Crippen LogP contribution in [0.25, 0.3) is 0 Å². The van der Waals surface area contributed by atoms with Crippen molar-refractivity contribution in [3.63, 3.8) is 0 Å². The maximum atomic E-state index is 13.6. The number of carbonyl (C=O) groups is 3. The van der Waals surface area contributed by atoms with Crippen LogP contribution < -0.4 is 11.1 Å². The van der Waals surface area contributed by atoms with Gasteiger partial charge in [-0.3, -0.25) is 9.59 Å². The number of amides is 1. The molecular formula is C25H21FN2O5. The van der Waals surface area contributed by atoms with E-state index in [0.717, 1.165) is 5.56 Å². The standard InChI is InChI=1S/C25H21FN2O5/c1-2-32-23(30)21-22(27)33-19-12-14(13-7-9-15(26)10-8-13)11-18(29)20(19)25(21)16-5-3-4-6-17(16)28-24(25)31/h3-10,14H,2,11-12,27H2,1H3,(H,28,31)/t14-,25-/m0/s1. The third-order valence-electron chi connectivity index (χ3n) is 6.39. The van der Waals surface area contributed by atoms with Crippen LogP contribution in [0, 0.1) is 5.82 Å². The summed E-state index contributed by atoms with van der Waals surface area (Å²) in [4.78, 5) is 40.2. The number of benzene rings is 2. The Morgan fingerprint density at radius 1 is 1.18 bits per heavy atom. The summed E-state index contributed by atoms with van der Waals surface area (Å²) in [5.74, 6) is -2.41. The molecule has 3 N–H and O–H groups in total. The Kier molecular flexibility index (Phi) is 4.81. The summed E-state index contributed by atoms with van der Waals surface area (Å²) in [6.45, 7) is 1.69. The number of halogens is 1. The maximum absolute atomic E-state index is 13.6. The van der Waals surface area contributed by atoms with E-state index in [0.29, 0.717) is 11.3 Å². The normalized spacial score (nSPS) is 23.8. The molecule has 2 aromatic rings. The number of hydrogen-bond acceptors (Lipinski definition) is 6. The monoisotopic (exact) mass is 448 g/mol. The molecule has 2 heterocycles. The average molecular weight is 448 g/mol. The second-order valence-corrected chi connectivity index (χ2v) is 8.19. The highest BCUT2D eigenvalue weighted by Gasteiger charge is 2.62. The fraction of sp³-hybridized carbons (Fsp3) is 0.240. The largest absolute Gasteiger partial charge is 0.462 e. The minimum atomic E-state index is -1.76.